The van der Waals surface area contributed by atoms with Crippen LogP contribution in [-0.2, 0) is 18.3 Å². The minimum Gasteiger partial charge on any atom is -0.442 e. The van der Waals surface area contributed by atoms with Gasteiger partial charge >= 0.3 is 11.8 Å². The number of hydrogen-bond donors (Lipinski definition) is 1. The van der Waals surface area contributed by atoms with Gasteiger partial charge in [0.25, 0.3) is 5.56 Å². The number of amides is 1. The zero-order valence-electron chi connectivity index (χ0n) is 10.5. The molecule has 1 unspecified atom stereocenters. The molecule has 19 heavy (non-hydrogen) atoms. The van der Waals surface area contributed by atoms with Crippen LogP contribution in [0, 0.1) is 0 Å². The van der Waals surface area contributed by atoms with E-state index >= 15 is 0 Å². The van der Waals surface area contributed by atoms with Gasteiger partial charge in [0.05, 0.1) is 18.7 Å². The Balaban J connectivity index is 2.40. The van der Waals surface area contributed by atoms with Crippen molar-refractivity contribution in [3.8, 4) is 0 Å². The predicted molar refractivity (Wildman–Crippen MR) is 64.2 cm³/mol. The first-order valence-corrected chi connectivity index (χ1v) is 5.66. The van der Waals surface area contributed by atoms with Crippen LogP contribution < -0.4 is 16.6 Å². The maximum absolute atomic E-state index is 11.9. The summed E-state index contributed by atoms with van der Waals surface area (Å²) in [6, 6.07) is 0. The van der Waals surface area contributed by atoms with Gasteiger partial charge in [0.2, 0.25) is 0 Å². The van der Waals surface area contributed by atoms with Crippen molar-refractivity contribution >= 4 is 11.9 Å². The van der Waals surface area contributed by atoms with Crippen molar-refractivity contribution in [2.45, 2.75) is 19.6 Å². The molecule has 1 aromatic rings. The Hall–Kier alpha value is -2.38. The van der Waals surface area contributed by atoms with Gasteiger partial charge in [0.1, 0.15) is 6.10 Å². The van der Waals surface area contributed by atoms with E-state index in [2.05, 4.69) is 5.32 Å². The van der Waals surface area contributed by atoms with Crippen LogP contribution in [0.15, 0.2) is 15.8 Å². The highest BCUT2D eigenvalue weighted by molar-refractivity contribution is 5.93. The molecule has 1 fully saturated rings. The van der Waals surface area contributed by atoms with Gasteiger partial charge in [-0.05, 0) is 6.92 Å². The van der Waals surface area contributed by atoms with Gasteiger partial charge in [-0.25, -0.2) is 9.59 Å². The Morgan fingerprint density at radius 1 is 1.47 bits per heavy atom. The second-order valence-corrected chi connectivity index (χ2v) is 4.31. The van der Waals surface area contributed by atoms with Gasteiger partial charge in [0.15, 0.2) is 5.78 Å². The topological polar surface area (TPSA) is 99.4 Å². The molecule has 0 bridgehead atoms. The van der Waals surface area contributed by atoms with Crippen molar-refractivity contribution in [1.29, 1.82) is 0 Å². The van der Waals surface area contributed by atoms with Crippen molar-refractivity contribution in [2.24, 2.45) is 7.05 Å². The van der Waals surface area contributed by atoms with E-state index in [1.807, 2.05) is 0 Å². The first kappa shape index (κ1) is 13.1. The third-order valence-corrected chi connectivity index (χ3v) is 2.88. The number of Topliss-reactive ketones (excluding diaryl/α,β-unsaturated/α-hetero) is 1. The molecule has 0 saturated carbocycles. The van der Waals surface area contributed by atoms with Gasteiger partial charge in [-0.15, -0.1) is 0 Å². The van der Waals surface area contributed by atoms with Gasteiger partial charge < -0.3 is 10.1 Å². The van der Waals surface area contributed by atoms with Gasteiger partial charge in [-0.2, -0.15) is 0 Å². The molecular weight excluding hydrogens is 254 g/mol. The fourth-order valence-corrected chi connectivity index (χ4v) is 1.85. The number of nitrogens with zero attached hydrogens (tertiary/aromatic N) is 2. The van der Waals surface area contributed by atoms with E-state index in [4.69, 9.17) is 4.74 Å². The maximum Gasteiger partial charge on any atom is 0.407 e. The Kier molecular flexibility index (Phi) is 3.24. The molecule has 102 valence electrons. The largest absolute Gasteiger partial charge is 0.442 e. The van der Waals surface area contributed by atoms with Gasteiger partial charge in [-0.3, -0.25) is 18.7 Å². The highest BCUT2D eigenvalue weighted by Gasteiger charge is 2.24. The fraction of sp³-hybridized carbons (Fsp3) is 0.455. The van der Waals surface area contributed by atoms with Crippen LogP contribution >= 0.6 is 0 Å². The monoisotopic (exact) mass is 267 g/mol. The van der Waals surface area contributed by atoms with Crippen molar-refractivity contribution in [1.82, 2.24) is 14.5 Å². The van der Waals surface area contributed by atoms with Crippen molar-refractivity contribution in [3.63, 3.8) is 0 Å². The third-order valence-electron chi connectivity index (χ3n) is 2.88. The van der Waals surface area contributed by atoms with Gasteiger partial charge in [-0.1, -0.05) is 0 Å². The standard InChI is InChI=1S/C11H13N3O5/c1-6(15)8-5-14(11(18)13(2)9(8)16)4-7-3-12-10(17)19-7/h5,7H,3-4H2,1-2H3,(H,12,17). The summed E-state index contributed by atoms with van der Waals surface area (Å²) in [6.45, 7) is 1.62. The molecule has 1 amide bonds. The molecule has 0 spiro atoms. The Labute approximate surface area is 107 Å². The molecule has 2 heterocycles. The molecule has 1 saturated heterocycles. The van der Waals surface area contributed by atoms with Crippen molar-refractivity contribution in [2.75, 3.05) is 6.54 Å². The lowest BCUT2D eigenvalue weighted by Crippen LogP contribution is -2.42. The molecule has 0 radical (unpaired) electrons. The number of carbonyl (C=O) groups is 2. The number of ketones is 1. The Bertz CT molecular complexity index is 657. The summed E-state index contributed by atoms with van der Waals surface area (Å²) >= 11 is 0. The van der Waals surface area contributed by atoms with E-state index in [-0.39, 0.29) is 18.7 Å². The summed E-state index contributed by atoms with van der Waals surface area (Å²) in [5, 5.41) is 2.46. The van der Waals surface area contributed by atoms with Gasteiger partial charge in [0, 0.05) is 13.2 Å². The SMILES string of the molecule is CC(=O)c1cn(CC2CNC(=O)O2)c(=O)n(C)c1=O. The molecule has 1 aliphatic rings. The fourth-order valence-electron chi connectivity index (χ4n) is 1.85. The molecule has 0 aliphatic carbocycles. The number of cyclic esters (lactones) is 1. The second-order valence-electron chi connectivity index (χ2n) is 4.31. The third kappa shape index (κ3) is 2.42. The van der Waals surface area contributed by atoms with E-state index in [1.54, 1.807) is 0 Å². The molecule has 1 N–H and O–H groups in total. The number of hydrogen-bond acceptors (Lipinski definition) is 5. The lowest BCUT2D eigenvalue weighted by molar-refractivity contribution is 0.101. The summed E-state index contributed by atoms with van der Waals surface area (Å²) in [4.78, 5) is 45.8. The normalized spacial score (nSPS) is 18.0. The van der Waals surface area contributed by atoms with Crippen LogP contribution in [0.2, 0.25) is 0 Å². The number of aromatic nitrogens is 2. The van der Waals surface area contributed by atoms with E-state index in [1.165, 1.54) is 24.7 Å². The molecule has 2 rings (SSSR count). The molecule has 1 atom stereocenters. The van der Waals surface area contributed by atoms with E-state index in [0.717, 1.165) is 4.57 Å². The summed E-state index contributed by atoms with van der Waals surface area (Å²) in [5.74, 6) is -0.420. The quantitative estimate of drug-likeness (QED) is 0.698. The van der Waals surface area contributed by atoms with E-state index < -0.39 is 29.2 Å². The minimum atomic E-state index is -0.629. The van der Waals surface area contributed by atoms with Crippen LogP contribution in [-0.4, -0.2) is 33.7 Å². The van der Waals surface area contributed by atoms with Crippen LogP contribution in [0.1, 0.15) is 17.3 Å². The lowest BCUT2D eigenvalue weighted by Gasteiger charge is -2.12. The highest BCUT2D eigenvalue weighted by Crippen LogP contribution is 2.02. The molecule has 1 aromatic heterocycles. The zero-order valence-corrected chi connectivity index (χ0v) is 10.5. The zero-order chi connectivity index (χ0) is 14.2. The molecular formula is C11H13N3O5. The van der Waals surface area contributed by atoms with Crippen LogP contribution in [0.25, 0.3) is 0 Å². The number of rotatable bonds is 3. The Morgan fingerprint density at radius 3 is 2.68 bits per heavy atom. The molecule has 1 aliphatic heterocycles. The maximum atomic E-state index is 11.9. The lowest BCUT2D eigenvalue weighted by atomic mass is 10.2. The van der Waals surface area contributed by atoms with Crippen LogP contribution in [0.5, 0.6) is 0 Å². The van der Waals surface area contributed by atoms with E-state index in [9.17, 15) is 19.2 Å². The number of nitrogens with one attached hydrogen (secondary N) is 1. The first-order valence-electron chi connectivity index (χ1n) is 5.66. The summed E-state index contributed by atoms with van der Waals surface area (Å²) in [7, 11) is 1.30. The number of carbonyl (C=O) groups excluding carboxylic acids is 2. The summed E-state index contributed by atoms with van der Waals surface area (Å²) in [6.07, 6.45) is 0.163. The molecule has 8 heteroatoms. The molecule has 8 nitrogen and oxygen atoms in total. The summed E-state index contributed by atoms with van der Waals surface area (Å²) in [5.41, 5.74) is -1.26. The first-order chi connectivity index (χ1) is 8.90. The van der Waals surface area contributed by atoms with Crippen LogP contribution in [0.4, 0.5) is 4.79 Å². The van der Waals surface area contributed by atoms with Crippen molar-refractivity contribution in [3.05, 3.63) is 32.6 Å². The smallest absolute Gasteiger partial charge is 0.407 e. The van der Waals surface area contributed by atoms with E-state index in [0.29, 0.717) is 0 Å². The highest BCUT2D eigenvalue weighted by atomic mass is 16.6. The average molecular weight is 267 g/mol. The van der Waals surface area contributed by atoms with Crippen LogP contribution in [0.3, 0.4) is 0 Å². The predicted octanol–water partition coefficient (Wildman–Crippen LogP) is -1.14. The number of ether oxygens (including phenoxy) is 1. The average Bonchev–Trinajstić information content (AvgIpc) is 2.75. The minimum absolute atomic E-state index is 0.0700. The van der Waals surface area contributed by atoms with Crippen molar-refractivity contribution < 1.29 is 14.3 Å². The second kappa shape index (κ2) is 4.71. The summed E-state index contributed by atoms with van der Waals surface area (Å²) < 4.78 is 6.97. The Morgan fingerprint density at radius 2 is 2.16 bits per heavy atom. The number of alkyl carbamates (subject to hydrolysis) is 1. The molecule has 0 aromatic carbocycles.